The van der Waals surface area contributed by atoms with Crippen LogP contribution in [0.4, 0.5) is 0 Å². The molecule has 0 saturated carbocycles. The van der Waals surface area contributed by atoms with Gasteiger partial charge in [0.15, 0.2) is 0 Å². The zero-order chi connectivity index (χ0) is 15.6. The molecule has 1 atom stereocenters. The number of aromatic nitrogens is 4. The van der Waals surface area contributed by atoms with E-state index in [9.17, 15) is 4.79 Å². The molecule has 2 heterocycles. The fourth-order valence-electron chi connectivity index (χ4n) is 2.42. The highest BCUT2D eigenvalue weighted by molar-refractivity contribution is 5.91. The van der Waals surface area contributed by atoms with Gasteiger partial charge in [-0.15, -0.1) is 29.9 Å². The minimum Gasteiger partial charge on any atom is -0.343 e. The van der Waals surface area contributed by atoms with Crippen molar-refractivity contribution < 1.29 is 4.79 Å². The van der Waals surface area contributed by atoms with Crippen LogP contribution in [0.25, 0.3) is 5.78 Å². The summed E-state index contributed by atoms with van der Waals surface area (Å²) in [6.45, 7) is 8.37. The maximum Gasteiger partial charge on any atom is 0.291 e. The number of nitrogens with two attached hydrogens (primary N) is 1. The third kappa shape index (κ3) is 5.02. The van der Waals surface area contributed by atoms with Gasteiger partial charge in [-0.25, -0.2) is 9.50 Å². The molecule has 130 valence electrons. The molecule has 0 aliphatic rings. The Bertz CT molecular complexity index is 660. The summed E-state index contributed by atoms with van der Waals surface area (Å²) in [5, 5.41) is 7.14. The van der Waals surface area contributed by atoms with Gasteiger partial charge in [0.1, 0.15) is 0 Å². The number of carbonyl (C=O) groups is 1. The summed E-state index contributed by atoms with van der Waals surface area (Å²) in [5.41, 5.74) is 6.21. The molecule has 1 unspecified atom stereocenters. The van der Waals surface area contributed by atoms with Crippen LogP contribution in [-0.2, 0) is 0 Å². The fourth-order valence-corrected chi connectivity index (χ4v) is 2.42. The molecule has 0 aliphatic carbocycles. The van der Waals surface area contributed by atoms with Crippen LogP contribution in [0.3, 0.4) is 0 Å². The molecule has 0 bridgehead atoms. The molecular weight excluding hydrogens is 339 g/mol. The smallest absolute Gasteiger partial charge is 0.291 e. The topological polar surface area (TPSA) is 98.2 Å². The van der Waals surface area contributed by atoms with Gasteiger partial charge in [-0.05, 0) is 32.3 Å². The molecule has 9 heteroatoms. The Morgan fingerprint density at radius 1 is 1.43 bits per heavy atom. The van der Waals surface area contributed by atoms with Gasteiger partial charge in [-0.1, -0.05) is 13.8 Å². The Morgan fingerprint density at radius 2 is 2.09 bits per heavy atom. The van der Waals surface area contributed by atoms with Gasteiger partial charge in [0.25, 0.3) is 11.7 Å². The second-order valence-electron chi connectivity index (χ2n) is 6.05. The van der Waals surface area contributed by atoms with Crippen LogP contribution < -0.4 is 11.1 Å². The van der Waals surface area contributed by atoms with E-state index in [1.54, 1.807) is 10.7 Å². The number of nitrogens with one attached hydrogen (secondary N) is 1. The third-order valence-corrected chi connectivity index (χ3v) is 3.36. The largest absolute Gasteiger partial charge is 0.343 e. The van der Waals surface area contributed by atoms with Crippen molar-refractivity contribution in [3.8, 4) is 0 Å². The predicted molar refractivity (Wildman–Crippen MR) is 94.4 cm³/mol. The van der Waals surface area contributed by atoms with Crippen LogP contribution in [0.1, 0.15) is 43.5 Å². The number of hydrogen-bond acceptors (Lipinski definition) is 5. The molecule has 2 aromatic rings. The lowest BCUT2D eigenvalue weighted by Crippen LogP contribution is -2.52. The zero-order valence-electron chi connectivity index (χ0n) is 13.7. The molecule has 2 aromatic heterocycles. The van der Waals surface area contributed by atoms with Crippen molar-refractivity contribution in [2.75, 3.05) is 6.54 Å². The predicted octanol–water partition coefficient (Wildman–Crippen LogP) is 1.77. The molecule has 1 amide bonds. The van der Waals surface area contributed by atoms with E-state index in [1.807, 2.05) is 19.9 Å². The van der Waals surface area contributed by atoms with Crippen molar-refractivity contribution in [2.45, 2.75) is 39.7 Å². The first kappa shape index (κ1) is 21.6. The highest BCUT2D eigenvalue weighted by Crippen LogP contribution is 2.15. The molecular formula is C14H24Cl2N6O. The summed E-state index contributed by atoms with van der Waals surface area (Å²) in [5.74, 6) is 0.629. The van der Waals surface area contributed by atoms with Gasteiger partial charge >= 0.3 is 0 Å². The van der Waals surface area contributed by atoms with Crippen LogP contribution in [0.5, 0.6) is 0 Å². The summed E-state index contributed by atoms with van der Waals surface area (Å²) in [6.07, 6.45) is 2.43. The van der Waals surface area contributed by atoms with Crippen molar-refractivity contribution in [3.05, 3.63) is 23.8 Å². The first-order valence-electron chi connectivity index (χ1n) is 7.05. The molecule has 2 rings (SSSR count). The van der Waals surface area contributed by atoms with E-state index < -0.39 is 5.54 Å². The molecule has 0 aliphatic heterocycles. The lowest BCUT2D eigenvalue weighted by atomic mass is 9.90. The maximum atomic E-state index is 12.3. The molecule has 0 saturated heterocycles. The summed E-state index contributed by atoms with van der Waals surface area (Å²) in [7, 11) is 0. The summed E-state index contributed by atoms with van der Waals surface area (Å²) < 4.78 is 1.55. The Hall–Kier alpha value is -1.44. The minimum absolute atomic E-state index is 0. The van der Waals surface area contributed by atoms with Gasteiger partial charge < -0.3 is 11.1 Å². The summed E-state index contributed by atoms with van der Waals surface area (Å²) in [4.78, 5) is 20.6. The zero-order valence-corrected chi connectivity index (χ0v) is 15.4. The highest BCUT2D eigenvalue weighted by Gasteiger charge is 2.28. The van der Waals surface area contributed by atoms with E-state index in [0.29, 0.717) is 18.2 Å². The van der Waals surface area contributed by atoms with Crippen LogP contribution >= 0.6 is 24.8 Å². The standard InChI is InChI=1S/C14H22N6O.2ClH/c1-9(2)7-14(4,8-15)18-12(21)11-17-13-16-6-5-10(3)20(13)19-11;;/h5-6,9H,7-8,15H2,1-4H3,(H,18,21);2*1H. The molecule has 0 aromatic carbocycles. The number of rotatable bonds is 5. The Morgan fingerprint density at radius 3 is 2.61 bits per heavy atom. The molecule has 3 N–H and O–H groups in total. The monoisotopic (exact) mass is 362 g/mol. The molecule has 23 heavy (non-hydrogen) atoms. The average Bonchev–Trinajstić information content (AvgIpc) is 2.83. The van der Waals surface area contributed by atoms with Crippen LogP contribution in [0, 0.1) is 12.8 Å². The van der Waals surface area contributed by atoms with Gasteiger partial charge in [-0.2, -0.15) is 4.98 Å². The van der Waals surface area contributed by atoms with Gasteiger partial charge in [0.2, 0.25) is 5.82 Å². The van der Waals surface area contributed by atoms with E-state index in [-0.39, 0.29) is 36.5 Å². The number of halogens is 2. The van der Waals surface area contributed by atoms with E-state index in [2.05, 4.69) is 34.2 Å². The lowest BCUT2D eigenvalue weighted by Gasteiger charge is -2.30. The van der Waals surface area contributed by atoms with E-state index in [0.717, 1.165) is 12.1 Å². The van der Waals surface area contributed by atoms with Crippen LogP contribution in [0.2, 0.25) is 0 Å². The average molecular weight is 363 g/mol. The number of hydrogen-bond donors (Lipinski definition) is 2. The number of nitrogens with zero attached hydrogens (tertiary/aromatic N) is 4. The first-order valence-corrected chi connectivity index (χ1v) is 7.05. The first-order chi connectivity index (χ1) is 9.84. The molecule has 0 fully saturated rings. The van der Waals surface area contributed by atoms with Gasteiger partial charge in [0, 0.05) is 18.4 Å². The van der Waals surface area contributed by atoms with Crippen molar-refractivity contribution in [1.29, 1.82) is 0 Å². The van der Waals surface area contributed by atoms with E-state index in [1.165, 1.54) is 0 Å². The minimum atomic E-state index is -0.467. The Balaban J connectivity index is 0.00000242. The van der Waals surface area contributed by atoms with Crippen molar-refractivity contribution in [2.24, 2.45) is 11.7 Å². The van der Waals surface area contributed by atoms with Crippen molar-refractivity contribution in [1.82, 2.24) is 24.9 Å². The summed E-state index contributed by atoms with van der Waals surface area (Å²) >= 11 is 0. The number of aryl methyl sites for hydroxylation is 1. The van der Waals surface area contributed by atoms with Crippen LogP contribution in [-0.4, -0.2) is 37.6 Å². The van der Waals surface area contributed by atoms with Crippen molar-refractivity contribution in [3.63, 3.8) is 0 Å². The van der Waals surface area contributed by atoms with Crippen molar-refractivity contribution >= 4 is 36.5 Å². The Kier molecular flexibility index (Phi) is 7.90. The highest BCUT2D eigenvalue weighted by atomic mass is 35.5. The normalized spacial score (nSPS) is 13.1. The van der Waals surface area contributed by atoms with Gasteiger partial charge in [0.05, 0.1) is 5.54 Å². The third-order valence-electron chi connectivity index (χ3n) is 3.36. The maximum absolute atomic E-state index is 12.3. The second-order valence-corrected chi connectivity index (χ2v) is 6.05. The Labute approximate surface area is 148 Å². The SMILES string of the molecule is Cc1ccnc2nc(C(=O)NC(C)(CN)CC(C)C)nn12.Cl.Cl. The number of fused-ring (bicyclic) bond motifs is 1. The van der Waals surface area contributed by atoms with E-state index in [4.69, 9.17) is 5.73 Å². The quantitative estimate of drug-likeness (QED) is 0.844. The fraction of sp³-hybridized carbons (Fsp3) is 0.571. The van der Waals surface area contributed by atoms with Gasteiger partial charge in [-0.3, -0.25) is 4.79 Å². The summed E-state index contributed by atoms with van der Waals surface area (Å²) in [6, 6.07) is 1.81. The number of amides is 1. The molecule has 0 spiro atoms. The molecule has 7 nitrogen and oxygen atoms in total. The lowest BCUT2D eigenvalue weighted by molar-refractivity contribution is 0.0887. The second kappa shape index (κ2) is 8.42. The van der Waals surface area contributed by atoms with Crippen LogP contribution in [0.15, 0.2) is 12.3 Å². The number of carbonyl (C=O) groups excluding carboxylic acids is 1. The van der Waals surface area contributed by atoms with E-state index >= 15 is 0 Å². The molecule has 0 radical (unpaired) electrons.